The fourth-order valence-electron chi connectivity index (χ4n) is 7.03. The number of benzene rings is 6. The molecule has 0 fully saturated rings. The highest BCUT2D eigenvalue weighted by Crippen LogP contribution is 2.63. The van der Waals surface area contributed by atoms with Gasteiger partial charge in [-0.15, -0.1) is 6.58 Å². The molecule has 0 unspecified atom stereocenters. The van der Waals surface area contributed by atoms with Crippen LogP contribution >= 0.6 is 11.8 Å². The molecule has 6 aromatic rings. The van der Waals surface area contributed by atoms with Gasteiger partial charge in [0.25, 0.3) is 0 Å². The summed E-state index contributed by atoms with van der Waals surface area (Å²) in [5, 5.41) is 0. The summed E-state index contributed by atoms with van der Waals surface area (Å²) in [5.74, 6) is 0. The highest BCUT2D eigenvalue weighted by molar-refractivity contribution is 7.99. The third kappa shape index (κ3) is 7.29. The smallest absolute Gasteiger partial charge is 0.0741 e. The standard InChI is InChI=1S/C36H28S.C8H9N.C3H6.C2H6/c1-3-24(2)23-25-19-21-26(22-20-25)27-12-10-13-29-28-11-4-5-14-30(28)36(35(27)29)31-15-6-8-17-33(31)37-34-18-9-7-16-32(34)36;1-7(9)8-5-3-2-4-6-8;1-3-2;1-2/h3-22H,23H2,1-2H3;2-6H,1,9H2;3H,1H2,2H3;1-2H3/b24-3+;;;. The molecule has 256 valence electrons. The van der Waals surface area contributed by atoms with Crippen LogP contribution in [0.3, 0.4) is 0 Å². The van der Waals surface area contributed by atoms with Crippen LogP contribution in [0, 0.1) is 0 Å². The molecule has 0 aromatic heterocycles. The molecule has 51 heavy (non-hydrogen) atoms. The van der Waals surface area contributed by atoms with E-state index in [9.17, 15) is 0 Å². The molecule has 0 atom stereocenters. The molecule has 8 rings (SSSR count). The van der Waals surface area contributed by atoms with Crippen LogP contribution in [0.2, 0.25) is 0 Å². The van der Waals surface area contributed by atoms with Crippen LogP contribution in [0.15, 0.2) is 186 Å². The summed E-state index contributed by atoms with van der Waals surface area (Å²) in [6, 6.07) is 52.9. The number of fused-ring (bicyclic) bond motifs is 9. The van der Waals surface area contributed by atoms with Gasteiger partial charge in [-0.1, -0.05) is 183 Å². The summed E-state index contributed by atoms with van der Waals surface area (Å²) >= 11 is 1.90. The first-order valence-electron chi connectivity index (χ1n) is 17.8. The van der Waals surface area contributed by atoms with Crippen molar-refractivity contribution in [1.29, 1.82) is 0 Å². The van der Waals surface area contributed by atoms with E-state index in [1.54, 1.807) is 6.08 Å². The maximum absolute atomic E-state index is 5.42. The second kappa shape index (κ2) is 17.1. The van der Waals surface area contributed by atoms with Crippen molar-refractivity contribution in [1.82, 2.24) is 0 Å². The minimum atomic E-state index is -0.346. The van der Waals surface area contributed by atoms with Gasteiger partial charge >= 0.3 is 0 Å². The van der Waals surface area contributed by atoms with Crippen LogP contribution in [0.25, 0.3) is 28.0 Å². The summed E-state index contributed by atoms with van der Waals surface area (Å²) in [4.78, 5) is 2.69. The Morgan fingerprint density at radius 3 is 1.67 bits per heavy atom. The molecule has 0 radical (unpaired) electrons. The lowest BCUT2D eigenvalue weighted by molar-refractivity contribution is 0.724. The normalized spacial score (nSPS) is 12.5. The lowest BCUT2D eigenvalue weighted by Gasteiger charge is -2.40. The van der Waals surface area contributed by atoms with Crippen molar-refractivity contribution in [3.8, 4) is 22.3 Å². The molecular weight excluding hydrogens is 635 g/mol. The summed E-state index contributed by atoms with van der Waals surface area (Å²) in [7, 11) is 0. The van der Waals surface area contributed by atoms with Gasteiger partial charge in [-0.25, -0.2) is 0 Å². The number of rotatable bonds is 4. The number of allylic oxidation sites excluding steroid dienone is 3. The maximum Gasteiger partial charge on any atom is 0.0741 e. The predicted octanol–water partition coefficient (Wildman–Crippen LogP) is 13.5. The molecule has 1 spiro atoms. The molecule has 0 amide bonds. The molecule has 1 nitrogen and oxygen atoms in total. The van der Waals surface area contributed by atoms with Gasteiger partial charge in [0.05, 0.1) is 5.41 Å². The van der Waals surface area contributed by atoms with E-state index < -0.39 is 0 Å². The van der Waals surface area contributed by atoms with E-state index >= 15 is 0 Å². The van der Waals surface area contributed by atoms with E-state index in [1.165, 1.54) is 65.4 Å². The predicted molar refractivity (Wildman–Crippen MR) is 223 cm³/mol. The van der Waals surface area contributed by atoms with Gasteiger partial charge in [-0.05, 0) is 95.0 Å². The fraction of sp³-hybridized carbons (Fsp3) is 0.143. The third-order valence-electron chi connectivity index (χ3n) is 9.25. The van der Waals surface area contributed by atoms with Crippen molar-refractivity contribution < 1.29 is 0 Å². The molecule has 2 aliphatic rings. The quantitative estimate of drug-likeness (QED) is 0.187. The first-order chi connectivity index (χ1) is 24.9. The van der Waals surface area contributed by atoms with Crippen LogP contribution in [0.5, 0.6) is 0 Å². The Balaban J connectivity index is 0.000000307. The van der Waals surface area contributed by atoms with Crippen LogP contribution in [-0.4, -0.2) is 0 Å². The zero-order chi connectivity index (χ0) is 36.4. The first kappa shape index (κ1) is 37.0. The first-order valence-corrected chi connectivity index (χ1v) is 18.6. The molecular formula is C49H49NS. The highest BCUT2D eigenvalue weighted by atomic mass is 32.2. The highest BCUT2D eigenvalue weighted by Gasteiger charge is 2.51. The van der Waals surface area contributed by atoms with Gasteiger partial charge < -0.3 is 5.73 Å². The molecule has 1 aliphatic heterocycles. The molecule has 1 heterocycles. The molecule has 6 aromatic carbocycles. The Hall–Kier alpha value is -5.31. The van der Waals surface area contributed by atoms with Crippen LogP contribution in [0.1, 0.15) is 68.0 Å². The summed E-state index contributed by atoms with van der Waals surface area (Å²) < 4.78 is 0. The summed E-state index contributed by atoms with van der Waals surface area (Å²) in [6.45, 7) is 17.2. The van der Waals surface area contributed by atoms with Gasteiger partial charge in [0.1, 0.15) is 0 Å². The fourth-order valence-corrected chi connectivity index (χ4v) is 8.23. The Morgan fingerprint density at radius 1 is 0.627 bits per heavy atom. The monoisotopic (exact) mass is 683 g/mol. The van der Waals surface area contributed by atoms with Crippen LogP contribution in [0.4, 0.5) is 0 Å². The maximum atomic E-state index is 5.42. The Kier molecular flexibility index (Phi) is 12.4. The second-order valence-corrected chi connectivity index (χ2v) is 13.5. The molecule has 0 saturated heterocycles. The van der Waals surface area contributed by atoms with Crippen molar-refractivity contribution >= 4 is 17.5 Å². The minimum absolute atomic E-state index is 0.346. The average molecular weight is 684 g/mol. The van der Waals surface area contributed by atoms with Gasteiger partial charge in [-0.2, -0.15) is 0 Å². The molecule has 0 bridgehead atoms. The molecule has 2 N–H and O–H groups in total. The molecule has 2 heteroatoms. The van der Waals surface area contributed by atoms with Gasteiger partial charge in [0, 0.05) is 15.5 Å². The molecule has 1 aliphatic carbocycles. The van der Waals surface area contributed by atoms with E-state index in [0.29, 0.717) is 5.70 Å². The minimum Gasteiger partial charge on any atom is -0.399 e. The van der Waals surface area contributed by atoms with Crippen molar-refractivity contribution in [2.24, 2.45) is 5.73 Å². The lowest BCUT2D eigenvalue weighted by atomic mass is 9.66. The van der Waals surface area contributed by atoms with Gasteiger partial charge in [0.2, 0.25) is 0 Å². The van der Waals surface area contributed by atoms with E-state index in [2.05, 4.69) is 148 Å². The van der Waals surface area contributed by atoms with E-state index in [-0.39, 0.29) is 5.41 Å². The van der Waals surface area contributed by atoms with E-state index in [0.717, 1.165) is 12.0 Å². The SMILES string of the molecule is C/C=C(\C)Cc1ccc(-c2cccc3c2C2(c4ccccc4Sc4ccccc42)c2ccccc2-3)cc1.C=C(N)c1ccccc1.C=CC.CC. The van der Waals surface area contributed by atoms with Crippen molar-refractivity contribution in [2.45, 2.75) is 56.2 Å². The van der Waals surface area contributed by atoms with E-state index in [1.807, 2.05) is 62.9 Å². The van der Waals surface area contributed by atoms with Crippen LogP contribution in [-0.2, 0) is 11.8 Å². The van der Waals surface area contributed by atoms with Gasteiger partial charge in [-0.3, -0.25) is 0 Å². The number of hydrogen-bond acceptors (Lipinski definition) is 2. The zero-order valence-electron chi connectivity index (χ0n) is 30.6. The van der Waals surface area contributed by atoms with E-state index in [4.69, 9.17) is 5.73 Å². The topological polar surface area (TPSA) is 26.0 Å². The van der Waals surface area contributed by atoms with Crippen LogP contribution < -0.4 is 5.73 Å². The number of hydrogen-bond donors (Lipinski definition) is 1. The molecule has 0 saturated carbocycles. The summed E-state index contributed by atoms with van der Waals surface area (Å²) in [5.41, 5.74) is 20.3. The van der Waals surface area contributed by atoms with Gasteiger partial charge in [0.15, 0.2) is 0 Å². The lowest BCUT2D eigenvalue weighted by Crippen LogP contribution is -2.32. The zero-order valence-corrected chi connectivity index (χ0v) is 31.4. The third-order valence-corrected chi connectivity index (χ3v) is 10.4. The van der Waals surface area contributed by atoms with Crippen molar-refractivity contribution in [3.05, 3.63) is 210 Å². The van der Waals surface area contributed by atoms with Crippen molar-refractivity contribution in [2.75, 3.05) is 0 Å². The second-order valence-electron chi connectivity index (χ2n) is 12.4. The summed E-state index contributed by atoms with van der Waals surface area (Å²) in [6.07, 6.45) is 4.95. The van der Waals surface area contributed by atoms with Crippen molar-refractivity contribution in [3.63, 3.8) is 0 Å². The Bertz CT molecular complexity index is 2090. The Morgan fingerprint density at radius 2 is 1.12 bits per heavy atom. The Labute approximate surface area is 310 Å². The average Bonchev–Trinajstić information content (AvgIpc) is 3.48. The number of nitrogens with two attached hydrogens (primary N) is 1. The largest absolute Gasteiger partial charge is 0.399 e.